The highest BCUT2D eigenvalue weighted by atomic mass is 32.1. The second-order valence-electron chi connectivity index (χ2n) is 6.97. The number of methoxy groups -OCH3 is 1. The van der Waals surface area contributed by atoms with E-state index in [2.05, 4.69) is 52.8 Å². The van der Waals surface area contributed by atoms with Gasteiger partial charge in [0.1, 0.15) is 5.75 Å². The van der Waals surface area contributed by atoms with Crippen LogP contribution in [0.1, 0.15) is 24.1 Å². The molecule has 0 unspecified atom stereocenters. The van der Waals surface area contributed by atoms with Crippen molar-refractivity contribution in [3.8, 4) is 5.75 Å². The van der Waals surface area contributed by atoms with Crippen LogP contribution in [-0.2, 0) is 11.3 Å². The molecule has 0 radical (unpaired) electrons. The average molecular weight is 400 g/mol. The van der Waals surface area contributed by atoms with Crippen LogP contribution in [0.25, 0.3) is 0 Å². The SMILES string of the molecule is COc1ccc(CNC(=S)N[C@H](C)[C@@H](c2ccccc2)N2CCOCC2)cc1. The summed E-state index contributed by atoms with van der Waals surface area (Å²) in [5.74, 6) is 0.856. The number of nitrogens with one attached hydrogen (secondary N) is 2. The predicted octanol–water partition coefficient (Wildman–Crippen LogP) is 3.12. The van der Waals surface area contributed by atoms with Gasteiger partial charge in [0.2, 0.25) is 0 Å². The minimum Gasteiger partial charge on any atom is -0.497 e. The van der Waals surface area contributed by atoms with Crippen molar-refractivity contribution in [3.63, 3.8) is 0 Å². The van der Waals surface area contributed by atoms with Gasteiger partial charge in [-0.15, -0.1) is 0 Å². The van der Waals surface area contributed by atoms with Gasteiger partial charge < -0.3 is 20.1 Å². The number of rotatable bonds is 7. The van der Waals surface area contributed by atoms with Crippen LogP contribution in [0.15, 0.2) is 54.6 Å². The molecule has 1 aliphatic heterocycles. The first-order chi connectivity index (χ1) is 13.7. The maximum atomic E-state index is 5.56. The van der Waals surface area contributed by atoms with Gasteiger partial charge >= 0.3 is 0 Å². The van der Waals surface area contributed by atoms with Crippen LogP contribution in [0, 0.1) is 0 Å². The van der Waals surface area contributed by atoms with Gasteiger partial charge in [-0.25, -0.2) is 0 Å². The number of thiocarbonyl (C=S) groups is 1. The van der Waals surface area contributed by atoms with E-state index >= 15 is 0 Å². The molecule has 0 amide bonds. The molecule has 1 saturated heterocycles. The molecule has 5 nitrogen and oxygen atoms in total. The van der Waals surface area contributed by atoms with Gasteiger partial charge in [0.25, 0.3) is 0 Å². The molecule has 0 saturated carbocycles. The van der Waals surface area contributed by atoms with Gasteiger partial charge in [-0.1, -0.05) is 42.5 Å². The summed E-state index contributed by atoms with van der Waals surface area (Å²) in [5.41, 5.74) is 2.45. The Kier molecular flexibility index (Phi) is 7.65. The van der Waals surface area contributed by atoms with Crippen molar-refractivity contribution in [2.24, 2.45) is 0 Å². The third-order valence-corrected chi connectivity index (χ3v) is 5.29. The summed E-state index contributed by atoms with van der Waals surface area (Å²) < 4.78 is 10.7. The predicted molar refractivity (Wildman–Crippen MR) is 117 cm³/mol. The molecule has 28 heavy (non-hydrogen) atoms. The number of ether oxygens (including phenoxy) is 2. The van der Waals surface area contributed by atoms with Gasteiger partial charge in [0, 0.05) is 25.7 Å². The smallest absolute Gasteiger partial charge is 0.166 e. The molecule has 2 aromatic carbocycles. The molecule has 3 rings (SSSR count). The Morgan fingerprint density at radius 2 is 1.79 bits per heavy atom. The van der Waals surface area contributed by atoms with E-state index in [1.807, 2.05) is 24.3 Å². The molecule has 0 spiro atoms. The lowest BCUT2D eigenvalue weighted by molar-refractivity contribution is 0.0102. The van der Waals surface area contributed by atoms with Crippen molar-refractivity contribution >= 4 is 17.3 Å². The summed E-state index contributed by atoms with van der Waals surface area (Å²) in [6, 6.07) is 19.0. The first-order valence-electron chi connectivity index (χ1n) is 9.71. The fraction of sp³-hybridized carbons (Fsp3) is 0.409. The van der Waals surface area contributed by atoms with E-state index in [0.29, 0.717) is 11.7 Å². The Labute approximate surface area is 173 Å². The minimum atomic E-state index is 0.163. The molecule has 1 aliphatic rings. The van der Waals surface area contributed by atoms with Crippen LogP contribution in [-0.4, -0.2) is 49.5 Å². The van der Waals surface area contributed by atoms with Crippen molar-refractivity contribution in [2.45, 2.75) is 25.6 Å². The second-order valence-corrected chi connectivity index (χ2v) is 7.38. The minimum absolute atomic E-state index is 0.163. The summed E-state index contributed by atoms with van der Waals surface area (Å²) in [6.45, 7) is 6.27. The Morgan fingerprint density at radius 3 is 2.43 bits per heavy atom. The van der Waals surface area contributed by atoms with Crippen molar-refractivity contribution in [3.05, 3.63) is 65.7 Å². The highest BCUT2D eigenvalue weighted by molar-refractivity contribution is 7.80. The van der Waals surface area contributed by atoms with Crippen LogP contribution in [0.3, 0.4) is 0 Å². The lowest BCUT2D eigenvalue weighted by Crippen LogP contribution is -2.50. The molecule has 2 N–H and O–H groups in total. The standard InChI is InChI=1S/C22H29N3O2S/c1-17(24-22(28)23-16-18-8-10-20(26-2)11-9-18)21(19-6-4-3-5-7-19)25-12-14-27-15-13-25/h3-11,17,21H,12-16H2,1-2H3,(H2,23,24,28)/t17-,21+/m1/s1. The number of hydrogen-bond acceptors (Lipinski definition) is 4. The monoisotopic (exact) mass is 399 g/mol. The molecular weight excluding hydrogens is 370 g/mol. The molecule has 0 aromatic heterocycles. The van der Waals surface area contributed by atoms with Gasteiger partial charge in [-0.05, 0) is 42.4 Å². The van der Waals surface area contributed by atoms with E-state index in [1.165, 1.54) is 5.56 Å². The maximum absolute atomic E-state index is 5.56. The number of hydrogen-bond donors (Lipinski definition) is 2. The first kappa shape index (κ1) is 20.6. The zero-order chi connectivity index (χ0) is 19.8. The van der Waals surface area contributed by atoms with Gasteiger partial charge in [0.15, 0.2) is 5.11 Å². The molecule has 0 aliphatic carbocycles. The topological polar surface area (TPSA) is 45.8 Å². The van der Waals surface area contributed by atoms with Gasteiger partial charge in [-0.2, -0.15) is 0 Å². The highest BCUT2D eigenvalue weighted by Gasteiger charge is 2.28. The normalized spacial score (nSPS) is 16.8. The molecule has 2 atom stereocenters. The average Bonchev–Trinajstić information content (AvgIpc) is 2.74. The quantitative estimate of drug-likeness (QED) is 0.698. The van der Waals surface area contributed by atoms with E-state index in [4.69, 9.17) is 21.7 Å². The van der Waals surface area contributed by atoms with E-state index in [0.717, 1.165) is 37.6 Å². The highest BCUT2D eigenvalue weighted by Crippen LogP contribution is 2.25. The Balaban J connectivity index is 1.60. The summed E-state index contributed by atoms with van der Waals surface area (Å²) in [7, 11) is 1.67. The number of nitrogens with zero attached hydrogens (tertiary/aromatic N) is 1. The van der Waals surface area contributed by atoms with Crippen molar-refractivity contribution in [2.75, 3.05) is 33.4 Å². The largest absolute Gasteiger partial charge is 0.497 e. The van der Waals surface area contributed by atoms with Crippen LogP contribution in [0.2, 0.25) is 0 Å². The van der Waals surface area contributed by atoms with E-state index < -0.39 is 0 Å². The molecule has 0 bridgehead atoms. The summed E-state index contributed by atoms with van der Waals surface area (Å²) in [5, 5.41) is 7.46. The Bertz CT molecular complexity index is 733. The number of morpholine rings is 1. The third-order valence-electron chi connectivity index (χ3n) is 5.02. The van der Waals surface area contributed by atoms with Crippen molar-refractivity contribution in [1.29, 1.82) is 0 Å². The van der Waals surface area contributed by atoms with Gasteiger partial charge in [0.05, 0.1) is 26.4 Å². The molecular formula is C22H29N3O2S. The molecule has 1 fully saturated rings. The summed E-state index contributed by atoms with van der Waals surface area (Å²) in [4.78, 5) is 2.47. The van der Waals surface area contributed by atoms with Crippen molar-refractivity contribution < 1.29 is 9.47 Å². The van der Waals surface area contributed by atoms with Crippen molar-refractivity contribution in [1.82, 2.24) is 15.5 Å². The summed E-state index contributed by atoms with van der Waals surface area (Å²) >= 11 is 5.56. The zero-order valence-corrected chi connectivity index (χ0v) is 17.4. The first-order valence-corrected chi connectivity index (χ1v) is 10.1. The lowest BCUT2D eigenvalue weighted by Gasteiger charge is -2.38. The molecule has 150 valence electrons. The maximum Gasteiger partial charge on any atom is 0.166 e. The van der Waals surface area contributed by atoms with Crippen LogP contribution in [0.5, 0.6) is 5.75 Å². The van der Waals surface area contributed by atoms with E-state index in [9.17, 15) is 0 Å². The lowest BCUT2D eigenvalue weighted by atomic mass is 9.98. The molecule has 2 aromatic rings. The summed E-state index contributed by atoms with van der Waals surface area (Å²) in [6.07, 6.45) is 0. The second kappa shape index (κ2) is 10.4. The number of benzene rings is 2. The van der Waals surface area contributed by atoms with Crippen LogP contribution in [0.4, 0.5) is 0 Å². The Hall–Kier alpha value is -2.15. The fourth-order valence-corrected chi connectivity index (χ4v) is 3.84. The van der Waals surface area contributed by atoms with E-state index in [1.54, 1.807) is 7.11 Å². The molecule has 6 heteroatoms. The fourth-order valence-electron chi connectivity index (χ4n) is 3.58. The van der Waals surface area contributed by atoms with Crippen LogP contribution < -0.4 is 15.4 Å². The third kappa shape index (κ3) is 5.67. The van der Waals surface area contributed by atoms with E-state index in [-0.39, 0.29) is 12.1 Å². The zero-order valence-electron chi connectivity index (χ0n) is 16.6. The van der Waals surface area contributed by atoms with Crippen LogP contribution >= 0.6 is 12.2 Å². The Morgan fingerprint density at radius 1 is 1.11 bits per heavy atom. The van der Waals surface area contributed by atoms with Gasteiger partial charge in [-0.3, -0.25) is 4.90 Å². The molecule has 1 heterocycles.